The second-order valence-electron chi connectivity index (χ2n) is 6.73. The molecule has 0 radical (unpaired) electrons. The van der Waals surface area contributed by atoms with Gasteiger partial charge in [-0.25, -0.2) is 4.79 Å². The van der Waals surface area contributed by atoms with Gasteiger partial charge in [-0.1, -0.05) is 51.1 Å². The molecule has 2 aromatic rings. The van der Waals surface area contributed by atoms with Crippen LogP contribution in [0, 0.1) is 0 Å². The Bertz CT molecular complexity index is 700. The quantitative estimate of drug-likeness (QED) is 0.858. The van der Waals surface area contributed by atoms with Crippen LogP contribution in [0.2, 0.25) is 0 Å². The number of carbonyl (C=O) groups excluding carboxylic acids is 2. The van der Waals surface area contributed by atoms with Crippen molar-refractivity contribution in [3.05, 3.63) is 65.7 Å². The Morgan fingerprint density at radius 2 is 1.54 bits per heavy atom. The number of esters is 1. The average Bonchev–Trinajstić information content (AvgIpc) is 2.55. The van der Waals surface area contributed by atoms with E-state index < -0.39 is 12.1 Å². The molecule has 0 saturated carbocycles. The number of para-hydroxylation sites is 1. The van der Waals surface area contributed by atoms with Gasteiger partial charge in [-0.05, 0) is 42.2 Å². The molecule has 1 amide bonds. The van der Waals surface area contributed by atoms with Crippen molar-refractivity contribution >= 4 is 17.6 Å². The molecule has 2 aromatic carbocycles. The Morgan fingerprint density at radius 1 is 0.958 bits per heavy atom. The van der Waals surface area contributed by atoms with Crippen molar-refractivity contribution in [3.63, 3.8) is 0 Å². The molecular formula is C20H23NO3. The predicted molar refractivity (Wildman–Crippen MR) is 95.1 cm³/mol. The van der Waals surface area contributed by atoms with Gasteiger partial charge in [0.15, 0.2) is 6.10 Å². The summed E-state index contributed by atoms with van der Waals surface area (Å²) in [7, 11) is 0. The molecule has 4 heteroatoms. The van der Waals surface area contributed by atoms with Gasteiger partial charge in [-0.15, -0.1) is 0 Å². The number of hydrogen-bond donors (Lipinski definition) is 1. The second kappa shape index (κ2) is 7.30. The lowest BCUT2D eigenvalue weighted by Gasteiger charge is -2.19. The molecule has 0 saturated heterocycles. The van der Waals surface area contributed by atoms with Crippen LogP contribution in [0.15, 0.2) is 54.6 Å². The molecule has 0 bridgehead atoms. The summed E-state index contributed by atoms with van der Waals surface area (Å²) < 4.78 is 5.24. The number of hydrogen-bond acceptors (Lipinski definition) is 3. The number of nitrogens with one attached hydrogen (secondary N) is 1. The van der Waals surface area contributed by atoms with Gasteiger partial charge in [0.2, 0.25) is 0 Å². The molecule has 0 aliphatic rings. The fourth-order valence-corrected chi connectivity index (χ4v) is 2.15. The van der Waals surface area contributed by atoms with E-state index in [0.717, 1.165) is 5.56 Å². The average molecular weight is 325 g/mol. The van der Waals surface area contributed by atoms with E-state index in [2.05, 4.69) is 26.1 Å². The van der Waals surface area contributed by atoms with Crippen LogP contribution in [-0.2, 0) is 14.9 Å². The highest BCUT2D eigenvalue weighted by Gasteiger charge is 2.20. The molecule has 1 atom stereocenters. The highest BCUT2D eigenvalue weighted by atomic mass is 16.5. The minimum Gasteiger partial charge on any atom is -0.449 e. The molecule has 0 aliphatic heterocycles. The van der Waals surface area contributed by atoms with Gasteiger partial charge in [0.05, 0.1) is 5.56 Å². The van der Waals surface area contributed by atoms with E-state index >= 15 is 0 Å². The minimum absolute atomic E-state index is 0.0191. The predicted octanol–water partition coefficient (Wildman–Crippen LogP) is 4.17. The Kier molecular flexibility index (Phi) is 5.39. The van der Waals surface area contributed by atoms with Crippen molar-refractivity contribution in [1.29, 1.82) is 0 Å². The maximum atomic E-state index is 12.2. The summed E-state index contributed by atoms with van der Waals surface area (Å²) in [4.78, 5) is 24.2. The van der Waals surface area contributed by atoms with Crippen LogP contribution >= 0.6 is 0 Å². The van der Waals surface area contributed by atoms with Crippen molar-refractivity contribution in [1.82, 2.24) is 0 Å². The van der Waals surface area contributed by atoms with E-state index in [4.69, 9.17) is 4.74 Å². The van der Waals surface area contributed by atoms with Crippen LogP contribution in [0.1, 0.15) is 43.6 Å². The van der Waals surface area contributed by atoms with Gasteiger partial charge in [-0.3, -0.25) is 4.79 Å². The molecule has 0 heterocycles. The highest BCUT2D eigenvalue weighted by molar-refractivity contribution is 5.97. The molecule has 2 rings (SSSR count). The molecule has 0 aromatic heterocycles. The smallest absolute Gasteiger partial charge is 0.338 e. The van der Waals surface area contributed by atoms with Crippen molar-refractivity contribution < 1.29 is 14.3 Å². The maximum absolute atomic E-state index is 12.2. The number of amides is 1. The molecule has 1 N–H and O–H groups in total. The van der Waals surface area contributed by atoms with Gasteiger partial charge >= 0.3 is 5.97 Å². The summed E-state index contributed by atoms with van der Waals surface area (Å²) in [6.45, 7) is 7.88. The monoisotopic (exact) mass is 325 g/mol. The third-order valence-corrected chi connectivity index (χ3v) is 3.68. The SMILES string of the molecule is C[C@@H](OC(=O)c1ccc(C(C)(C)C)cc1)C(=O)Nc1ccccc1. The molecule has 126 valence electrons. The van der Waals surface area contributed by atoms with E-state index in [1.807, 2.05) is 30.3 Å². The highest BCUT2D eigenvalue weighted by Crippen LogP contribution is 2.22. The topological polar surface area (TPSA) is 55.4 Å². The normalized spacial score (nSPS) is 12.3. The summed E-state index contributed by atoms with van der Waals surface area (Å²) >= 11 is 0. The van der Waals surface area contributed by atoms with Gasteiger partial charge in [0.25, 0.3) is 5.91 Å². The van der Waals surface area contributed by atoms with Crippen molar-refractivity contribution in [3.8, 4) is 0 Å². The van der Waals surface area contributed by atoms with Crippen molar-refractivity contribution in [2.24, 2.45) is 0 Å². The first-order chi connectivity index (χ1) is 11.3. The number of rotatable bonds is 4. The number of ether oxygens (including phenoxy) is 1. The molecule has 24 heavy (non-hydrogen) atoms. The number of benzene rings is 2. The van der Waals surface area contributed by atoms with E-state index in [1.165, 1.54) is 0 Å². The third-order valence-electron chi connectivity index (χ3n) is 3.68. The summed E-state index contributed by atoms with van der Waals surface area (Å²) in [6, 6.07) is 16.3. The van der Waals surface area contributed by atoms with Gasteiger partial charge in [0, 0.05) is 5.69 Å². The van der Waals surface area contributed by atoms with Crippen LogP contribution in [-0.4, -0.2) is 18.0 Å². The zero-order valence-electron chi connectivity index (χ0n) is 14.5. The van der Waals surface area contributed by atoms with Crippen LogP contribution in [0.5, 0.6) is 0 Å². The molecule has 4 nitrogen and oxygen atoms in total. The maximum Gasteiger partial charge on any atom is 0.338 e. The van der Waals surface area contributed by atoms with Gasteiger partial charge in [0.1, 0.15) is 0 Å². The minimum atomic E-state index is -0.875. The molecule has 0 aliphatic carbocycles. The van der Waals surface area contributed by atoms with Gasteiger partial charge < -0.3 is 10.1 Å². The Hall–Kier alpha value is -2.62. The summed E-state index contributed by atoms with van der Waals surface area (Å²) in [5.41, 5.74) is 2.25. The Morgan fingerprint density at radius 3 is 2.08 bits per heavy atom. The molecule has 0 unspecified atom stereocenters. The first-order valence-electron chi connectivity index (χ1n) is 7.95. The van der Waals surface area contributed by atoms with Gasteiger partial charge in [-0.2, -0.15) is 0 Å². The second-order valence-corrected chi connectivity index (χ2v) is 6.73. The molecular weight excluding hydrogens is 302 g/mol. The molecule has 0 spiro atoms. The first kappa shape index (κ1) is 17.7. The lowest BCUT2D eigenvalue weighted by Crippen LogP contribution is -2.30. The van der Waals surface area contributed by atoms with Crippen LogP contribution in [0.4, 0.5) is 5.69 Å². The standard InChI is InChI=1S/C20H23NO3/c1-14(18(22)21-17-8-6-5-7-9-17)24-19(23)15-10-12-16(13-11-15)20(2,3)4/h5-14H,1-4H3,(H,21,22)/t14-/m1/s1. The van der Waals surface area contributed by atoms with Crippen molar-refractivity contribution in [2.45, 2.75) is 39.2 Å². The largest absolute Gasteiger partial charge is 0.449 e. The first-order valence-corrected chi connectivity index (χ1v) is 7.95. The van der Waals surface area contributed by atoms with Crippen LogP contribution in [0.3, 0.4) is 0 Å². The lowest BCUT2D eigenvalue weighted by molar-refractivity contribution is -0.123. The fraction of sp³-hybridized carbons (Fsp3) is 0.300. The lowest BCUT2D eigenvalue weighted by atomic mass is 9.87. The summed E-state index contributed by atoms with van der Waals surface area (Å²) in [6.07, 6.45) is -0.875. The van der Waals surface area contributed by atoms with E-state index in [0.29, 0.717) is 11.3 Å². The van der Waals surface area contributed by atoms with Crippen molar-refractivity contribution in [2.75, 3.05) is 5.32 Å². The van der Waals surface area contributed by atoms with Crippen LogP contribution in [0.25, 0.3) is 0 Å². The van der Waals surface area contributed by atoms with Crippen LogP contribution < -0.4 is 5.32 Å². The fourth-order valence-electron chi connectivity index (χ4n) is 2.15. The summed E-state index contributed by atoms with van der Waals surface area (Å²) in [5.74, 6) is -0.868. The third kappa shape index (κ3) is 4.69. The zero-order chi connectivity index (χ0) is 17.7. The number of anilines is 1. The van der Waals surface area contributed by atoms with E-state index in [-0.39, 0.29) is 11.3 Å². The zero-order valence-corrected chi connectivity index (χ0v) is 14.5. The number of carbonyl (C=O) groups is 2. The van der Waals surface area contributed by atoms with E-state index in [1.54, 1.807) is 31.2 Å². The Balaban J connectivity index is 1.97. The Labute approximate surface area is 142 Å². The summed E-state index contributed by atoms with van der Waals surface area (Å²) in [5, 5.41) is 2.71. The van der Waals surface area contributed by atoms with E-state index in [9.17, 15) is 9.59 Å². The molecule has 0 fully saturated rings.